The lowest BCUT2D eigenvalue weighted by Crippen LogP contribution is -2.46. The molecule has 1 rings (SSSR count). The van der Waals surface area contributed by atoms with E-state index in [4.69, 9.17) is 45.3 Å². The Labute approximate surface area is 143 Å². The first-order valence-electron chi connectivity index (χ1n) is 6.32. The van der Waals surface area contributed by atoms with Crippen LogP contribution < -0.4 is 16.0 Å². The number of hydrogen-bond donors (Lipinski definition) is 2. The van der Waals surface area contributed by atoms with Crippen LogP contribution in [0, 0.1) is 0 Å². The number of esters is 1. The minimum absolute atomic E-state index is 0.00161. The zero-order valence-corrected chi connectivity index (χ0v) is 14.8. The highest BCUT2D eigenvalue weighted by Gasteiger charge is 2.30. The molecule has 0 aromatic carbocycles. The van der Waals surface area contributed by atoms with Gasteiger partial charge in [-0.15, -0.1) is 0 Å². The lowest BCUT2D eigenvalue weighted by Gasteiger charge is -2.22. The number of pyridine rings is 1. The molecule has 1 amide bonds. The first-order chi connectivity index (χ1) is 9.94. The third-order valence-electron chi connectivity index (χ3n) is 2.48. The van der Waals surface area contributed by atoms with Gasteiger partial charge < -0.3 is 15.8 Å². The number of aromatic nitrogens is 1. The zero-order chi connectivity index (χ0) is 17.2. The standard InChI is InChI=1S/C13H16Cl3N3O3/c1-5(11(20)19-13(2,3)4)22-12(21)9-6(14)8(17)7(15)10(16)18-9/h5H,1-4H3,(H2,17,18)(H,19,20)/p+1/t5-/m1/s1. The van der Waals surface area contributed by atoms with E-state index in [2.05, 4.69) is 10.3 Å². The summed E-state index contributed by atoms with van der Waals surface area (Å²) in [6.07, 6.45) is -1.02. The van der Waals surface area contributed by atoms with Gasteiger partial charge in [0, 0.05) is 5.54 Å². The number of ether oxygens (including phenoxy) is 1. The summed E-state index contributed by atoms with van der Waals surface area (Å²) in [6, 6.07) is 0. The van der Waals surface area contributed by atoms with Gasteiger partial charge in [0.15, 0.2) is 6.10 Å². The lowest BCUT2D eigenvalue weighted by molar-refractivity contribution is -0.380. The summed E-state index contributed by atoms with van der Waals surface area (Å²) in [5, 5.41) is 2.52. The van der Waals surface area contributed by atoms with Crippen molar-refractivity contribution in [2.75, 3.05) is 5.73 Å². The lowest BCUT2D eigenvalue weighted by atomic mass is 10.1. The molecule has 0 fully saturated rings. The Kier molecular flexibility index (Phi) is 5.89. The van der Waals surface area contributed by atoms with Gasteiger partial charge in [0.25, 0.3) is 11.1 Å². The van der Waals surface area contributed by atoms with E-state index in [0.29, 0.717) is 0 Å². The SMILES string of the molecule is C[C@@H](OC(=O)c1[nH+]c(Cl)c(Cl)c(N)c1Cl)C(=O)NC(C)(C)C. The monoisotopic (exact) mass is 368 g/mol. The molecular formula is C13H17Cl3N3O3+. The van der Waals surface area contributed by atoms with E-state index in [9.17, 15) is 9.59 Å². The fourth-order valence-electron chi connectivity index (χ4n) is 1.45. The molecule has 4 N–H and O–H groups in total. The summed E-state index contributed by atoms with van der Waals surface area (Å²) in [4.78, 5) is 26.5. The van der Waals surface area contributed by atoms with Crippen molar-refractivity contribution in [2.45, 2.75) is 39.3 Å². The number of carbonyl (C=O) groups excluding carboxylic acids is 2. The maximum absolute atomic E-state index is 12.1. The highest BCUT2D eigenvalue weighted by atomic mass is 35.5. The van der Waals surface area contributed by atoms with E-state index < -0.39 is 23.5 Å². The van der Waals surface area contributed by atoms with Crippen molar-refractivity contribution in [3.05, 3.63) is 20.9 Å². The number of rotatable bonds is 3. The number of hydrogen-bond acceptors (Lipinski definition) is 4. The van der Waals surface area contributed by atoms with Crippen LogP contribution in [0.25, 0.3) is 0 Å². The van der Waals surface area contributed by atoms with Crippen molar-refractivity contribution >= 4 is 52.4 Å². The largest absolute Gasteiger partial charge is 0.445 e. The molecule has 0 bridgehead atoms. The number of H-pyrrole nitrogens is 1. The maximum Gasteiger partial charge on any atom is 0.406 e. The smallest absolute Gasteiger partial charge is 0.406 e. The minimum atomic E-state index is -1.02. The van der Waals surface area contributed by atoms with E-state index in [1.165, 1.54) is 6.92 Å². The molecule has 122 valence electrons. The van der Waals surface area contributed by atoms with Crippen molar-refractivity contribution in [3.8, 4) is 0 Å². The Balaban J connectivity index is 2.93. The summed E-state index contributed by atoms with van der Waals surface area (Å²) in [5.41, 5.74) is 4.96. The average Bonchev–Trinajstić information content (AvgIpc) is 2.38. The molecule has 0 aliphatic carbocycles. The van der Waals surface area contributed by atoms with Crippen LogP contribution in [0.15, 0.2) is 0 Å². The van der Waals surface area contributed by atoms with E-state index in [1.807, 2.05) is 20.8 Å². The molecule has 1 atom stereocenters. The first-order valence-corrected chi connectivity index (χ1v) is 7.45. The van der Waals surface area contributed by atoms with Gasteiger partial charge in [-0.3, -0.25) is 4.79 Å². The topological polar surface area (TPSA) is 95.6 Å². The molecule has 1 aromatic rings. The fourth-order valence-corrected chi connectivity index (χ4v) is 2.06. The van der Waals surface area contributed by atoms with E-state index in [-0.39, 0.29) is 26.6 Å². The molecule has 1 heterocycles. The van der Waals surface area contributed by atoms with Crippen LogP contribution in [0.4, 0.5) is 5.69 Å². The number of aromatic amines is 1. The van der Waals surface area contributed by atoms with Crippen LogP contribution >= 0.6 is 34.8 Å². The molecule has 0 saturated carbocycles. The van der Waals surface area contributed by atoms with Crippen LogP contribution in [-0.2, 0) is 9.53 Å². The Morgan fingerprint density at radius 2 is 1.77 bits per heavy atom. The van der Waals surface area contributed by atoms with E-state index in [1.54, 1.807) is 0 Å². The quantitative estimate of drug-likeness (QED) is 0.632. The van der Waals surface area contributed by atoms with Gasteiger partial charge in [-0.05, 0) is 39.3 Å². The number of nitrogens with one attached hydrogen (secondary N) is 2. The molecule has 0 radical (unpaired) electrons. The highest BCUT2D eigenvalue weighted by molar-refractivity contribution is 6.45. The summed E-state index contributed by atoms with van der Waals surface area (Å²) in [5.74, 6) is -1.31. The van der Waals surface area contributed by atoms with Crippen LogP contribution in [0.2, 0.25) is 15.2 Å². The van der Waals surface area contributed by atoms with E-state index in [0.717, 1.165) is 0 Å². The summed E-state index contributed by atoms with van der Waals surface area (Å²) >= 11 is 17.5. The van der Waals surface area contributed by atoms with Crippen molar-refractivity contribution < 1.29 is 19.3 Å². The van der Waals surface area contributed by atoms with Crippen molar-refractivity contribution in [1.29, 1.82) is 0 Å². The van der Waals surface area contributed by atoms with Crippen molar-refractivity contribution in [2.24, 2.45) is 0 Å². The molecule has 0 spiro atoms. The Hall–Kier alpha value is -1.24. The molecule has 22 heavy (non-hydrogen) atoms. The summed E-state index contributed by atoms with van der Waals surface area (Å²) in [6.45, 7) is 6.87. The predicted octanol–water partition coefficient (Wildman–Crippen LogP) is 2.50. The second-order valence-corrected chi connectivity index (χ2v) is 6.78. The third kappa shape index (κ3) is 4.63. The number of nitrogens with two attached hydrogens (primary N) is 1. The maximum atomic E-state index is 12.1. The number of nitrogen functional groups attached to an aromatic ring is 1. The second-order valence-electron chi connectivity index (χ2n) is 5.64. The highest BCUT2D eigenvalue weighted by Crippen LogP contribution is 2.32. The first kappa shape index (κ1) is 18.8. The molecular weight excluding hydrogens is 353 g/mol. The summed E-state index contributed by atoms with van der Waals surface area (Å²) < 4.78 is 5.05. The van der Waals surface area contributed by atoms with E-state index >= 15 is 0 Å². The van der Waals surface area contributed by atoms with Gasteiger partial charge in [0.1, 0.15) is 10.0 Å². The molecule has 6 nitrogen and oxygen atoms in total. The van der Waals surface area contributed by atoms with Crippen LogP contribution in [0.5, 0.6) is 0 Å². The van der Waals surface area contributed by atoms with Crippen LogP contribution in [0.3, 0.4) is 0 Å². The Morgan fingerprint density at radius 3 is 2.27 bits per heavy atom. The predicted molar refractivity (Wildman–Crippen MR) is 85.2 cm³/mol. The average molecular weight is 370 g/mol. The molecule has 0 unspecified atom stereocenters. The van der Waals surface area contributed by atoms with Crippen LogP contribution in [-0.4, -0.2) is 23.5 Å². The zero-order valence-electron chi connectivity index (χ0n) is 12.5. The number of halogens is 3. The van der Waals surface area contributed by atoms with Crippen molar-refractivity contribution in [3.63, 3.8) is 0 Å². The number of amides is 1. The van der Waals surface area contributed by atoms with Crippen molar-refractivity contribution in [1.82, 2.24) is 5.32 Å². The molecule has 0 aliphatic heterocycles. The van der Waals surface area contributed by atoms with Crippen LogP contribution in [0.1, 0.15) is 38.2 Å². The van der Waals surface area contributed by atoms with Gasteiger partial charge in [-0.2, -0.15) is 4.98 Å². The van der Waals surface area contributed by atoms with Gasteiger partial charge in [-0.1, -0.05) is 23.2 Å². The molecule has 9 heteroatoms. The van der Waals surface area contributed by atoms with Gasteiger partial charge in [-0.25, -0.2) is 4.79 Å². The van der Waals surface area contributed by atoms with Gasteiger partial charge >= 0.3 is 11.7 Å². The minimum Gasteiger partial charge on any atom is -0.445 e. The number of anilines is 1. The summed E-state index contributed by atoms with van der Waals surface area (Å²) in [7, 11) is 0. The molecule has 1 aromatic heterocycles. The fraction of sp³-hybridized carbons (Fsp3) is 0.462. The number of carbonyl (C=O) groups is 2. The Bertz CT molecular complexity index is 615. The molecule has 0 aliphatic rings. The molecule has 0 saturated heterocycles. The Morgan fingerprint density at radius 1 is 1.23 bits per heavy atom. The second kappa shape index (κ2) is 6.89. The normalized spacial score (nSPS) is 12.7. The van der Waals surface area contributed by atoms with Gasteiger partial charge in [0.2, 0.25) is 0 Å². The third-order valence-corrected chi connectivity index (χ3v) is 3.64. The van der Waals surface area contributed by atoms with Gasteiger partial charge in [0.05, 0.1) is 5.69 Å².